The summed E-state index contributed by atoms with van der Waals surface area (Å²) in [5.41, 5.74) is 7.71. The van der Waals surface area contributed by atoms with Crippen LogP contribution in [0.25, 0.3) is 16.6 Å². The topological polar surface area (TPSA) is 78.0 Å². The molecule has 0 fully saturated rings. The Hall–Kier alpha value is -2.60. The van der Waals surface area contributed by atoms with Crippen molar-refractivity contribution in [3.05, 3.63) is 64.4 Å². The van der Waals surface area contributed by atoms with Gasteiger partial charge in [-0.1, -0.05) is 55.9 Å². The first kappa shape index (κ1) is 18.2. The predicted octanol–water partition coefficient (Wildman–Crippen LogP) is 3.48. The van der Waals surface area contributed by atoms with Crippen LogP contribution in [0.5, 0.6) is 0 Å². The van der Waals surface area contributed by atoms with Gasteiger partial charge in [0.25, 0.3) is 5.56 Å². The molecule has 1 heterocycles. The monoisotopic (exact) mass is 367 g/mol. The van der Waals surface area contributed by atoms with E-state index in [9.17, 15) is 9.59 Å². The van der Waals surface area contributed by atoms with Crippen molar-refractivity contribution in [2.45, 2.75) is 37.1 Å². The van der Waals surface area contributed by atoms with Crippen LogP contribution in [-0.2, 0) is 4.79 Å². The highest BCUT2D eigenvalue weighted by atomic mass is 32.2. The zero-order valence-corrected chi connectivity index (χ0v) is 15.8. The number of hydrogen-bond donors (Lipinski definition) is 1. The minimum Gasteiger partial charge on any atom is -0.369 e. The van der Waals surface area contributed by atoms with Gasteiger partial charge in [-0.05, 0) is 36.6 Å². The fourth-order valence-electron chi connectivity index (χ4n) is 2.80. The van der Waals surface area contributed by atoms with Gasteiger partial charge in [0.1, 0.15) is 0 Å². The summed E-state index contributed by atoms with van der Waals surface area (Å²) in [7, 11) is 0. The van der Waals surface area contributed by atoms with Crippen LogP contribution in [0.4, 0.5) is 0 Å². The third-order valence-corrected chi connectivity index (χ3v) is 5.30. The largest absolute Gasteiger partial charge is 0.369 e. The van der Waals surface area contributed by atoms with Gasteiger partial charge in [0, 0.05) is 0 Å². The number of fused-ring (bicyclic) bond motifs is 1. The summed E-state index contributed by atoms with van der Waals surface area (Å²) < 4.78 is 1.60. The van der Waals surface area contributed by atoms with Crippen molar-refractivity contribution < 1.29 is 4.79 Å². The van der Waals surface area contributed by atoms with E-state index in [1.165, 1.54) is 11.8 Å². The summed E-state index contributed by atoms with van der Waals surface area (Å²) in [6.07, 6.45) is 0. The third kappa shape index (κ3) is 3.37. The van der Waals surface area contributed by atoms with E-state index in [2.05, 4.69) is 18.8 Å². The number of hydrogen-bond acceptors (Lipinski definition) is 4. The van der Waals surface area contributed by atoms with Gasteiger partial charge in [0.05, 0.1) is 21.8 Å². The molecule has 1 aromatic heterocycles. The summed E-state index contributed by atoms with van der Waals surface area (Å²) in [6.45, 7) is 5.88. The maximum atomic E-state index is 13.3. The predicted molar refractivity (Wildman–Crippen MR) is 106 cm³/mol. The molecule has 5 nitrogen and oxygen atoms in total. The van der Waals surface area contributed by atoms with Gasteiger partial charge in [0.15, 0.2) is 5.16 Å². The number of aromatic nitrogens is 2. The van der Waals surface area contributed by atoms with Crippen molar-refractivity contribution >= 4 is 28.6 Å². The molecule has 0 aliphatic rings. The Morgan fingerprint density at radius 1 is 1.08 bits per heavy atom. The van der Waals surface area contributed by atoms with Crippen LogP contribution in [0.2, 0.25) is 0 Å². The number of carbonyl (C=O) groups is 1. The summed E-state index contributed by atoms with van der Waals surface area (Å²) in [5.74, 6) is -0.211. The maximum absolute atomic E-state index is 13.3. The van der Waals surface area contributed by atoms with Gasteiger partial charge >= 0.3 is 0 Å². The lowest BCUT2D eigenvalue weighted by molar-refractivity contribution is -0.117. The summed E-state index contributed by atoms with van der Waals surface area (Å²) in [6, 6.07) is 15.0. The Balaban J connectivity index is 2.34. The highest BCUT2D eigenvalue weighted by molar-refractivity contribution is 8.00. The van der Waals surface area contributed by atoms with Gasteiger partial charge in [-0.15, -0.1) is 0 Å². The van der Waals surface area contributed by atoms with E-state index in [0.29, 0.717) is 16.1 Å². The fraction of sp³-hybridized carbons (Fsp3) is 0.250. The smallest absolute Gasteiger partial charge is 0.266 e. The van der Waals surface area contributed by atoms with Crippen molar-refractivity contribution in [2.24, 2.45) is 5.73 Å². The molecule has 0 radical (unpaired) electrons. The molecule has 1 amide bonds. The van der Waals surface area contributed by atoms with E-state index in [4.69, 9.17) is 5.73 Å². The van der Waals surface area contributed by atoms with Crippen LogP contribution in [0, 0.1) is 0 Å². The lowest BCUT2D eigenvalue weighted by Gasteiger charge is -2.19. The number of primary amides is 1. The number of benzene rings is 2. The van der Waals surface area contributed by atoms with Crippen LogP contribution in [-0.4, -0.2) is 20.7 Å². The molecule has 0 saturated heterocycles. The molecular weight excluding hydrogens is 346 g/mol. The zero-order chi connectivity index (χ0) is 18.8. The van der Waals surface area contributed by atoms with E-state index in [-0.39, 0.29) is 11.5 Å². The molecule has 0 saturated carbocycles. The van der Waals surface area contributed by atoms with E-state index < -0.39 is 11.2 Å². The molecule has 2 N–H and O–H groups in total. The van der Waals surface area contributed by atoms with Crippen LogP contribution >= 0.6 is 11.8 Å². The highest BCUT2D eigenvalue weighted by Gasteiger charge is 2.20. The van der Waals surface area contributed by atoms with Crippen LogP contribution in [0.15, 0.2) is 58.5 Å². The summed E-state index contributed by atoms with van der Waals surface area (Å²) in [5, 5.41) is 0.510. The van der Waals surface area contributed by atoms with E-state index in [1.54, 1.807) is 23.6 Å². The quantitative estimate of drug-likeness (QED) is 0.553. The average Bonchev–Trinajstić information content (AvgIpc) is 2.62. The van der Waals surface area contributed by atoms with Crippen molar-refractivity contribution in [1.29, 1.82) is 0 Å². The fourth-order valence-corrected chi connectivity index (χ4v) is 3.67. The first-order chi connectivity index (χ1) is 12.4. The first-order valence-electron chi connectivity index (χ1n) is 8.47. The van der Waals surface area contributed by atoms with Gasteiger partial charge in [-0.3, -0.25) is 14.2 Å². The second-order valence-corrected chi connectivity index (χ2v) is 7.74. The van der Waals surface area contributed by atoms with E-state index >= 15 is 0 Å². The van der Waals surface area contributed by atoms with Gasteiger partial charge in [0.2, 0.25) is 5.91 Å². The molecule has 0 spiro atoms. The standard InChI is InChI=1S/C20H21N3O2S/c1-12(2)14-8-5-7-11-17(14)23-19(25)15-9-4-6-10-16(15)22-20(23)26-13(3)18(21)24/h4-13H,1-3H3,(H2,21,24)/t13-/m0/s1. The molecule has 134 valence electrons. The molecule has 0 bridgehead atoms. The molecule has 3 rings (SSSR count). The SMILES string of the molecule is CC(C)c1ccccc1-n1c(S[C@@H](C)C(N)=O)nc2ccccc2c1=O. The zero-order valence-electron chi connectivity index (χ0n) is 15.0. The molecule has 0 aliphatic carbocycles. The second-order valence-electron chi connectivity index (χ2n) is 6.43. The number of thioether (sulfide) groups is 1. The summed E-state index contributed by atoms with van der Waals surface area (Å²) >= 11 is 1.20. The van der Waals surface area contributed by atoms with Gasteiger partial charge in [-0.2, -0.15) is 0 Å². The second kappa shape index (κ2) is 7.33. The number of carbonyl (C=O) groups excluding carboxylic acids is 1. The molecule has 0 aliphatic heterocycles. The molecule has 26 heavy (non-hydrogen) atoms. The number of rotatable bonds is 5. The molecule has 2 aromatic carbocycles. The lowest BCUT2D eigenvalue weighted by atomic mass is 10.0. The van der Waals surface area contributed by atoms with Crippen LogP contribution in [0.3, 0.4) is 0 Å². The minimum absolute atomic E-state index is 0.150. The van der Waals surface area contributed by atoms with Crippen molar-refractivity contribution in [3.63, 3.8) is 0 Å². The van der Waals surface area contributed by atoms with Gasteiger partial charge < -0.3 is 5.73 Å². The normalized spacial score (nSPS) is 12.5. The lowest BCUT2D eigenvalue weighted by Crippen LogP contribution is -2.27. The van der Waals surface area contributed by atoms with Crippen LogP contribution < -0.4 is 11.3 Å². The average molecular weight is 367 g/mol. The Kier molecular flexibility index (Phi) is 5.13. The maximum Gasteiger partial charge on any atom is 0.266 e. The molecule has 1 atom stereocenters. The van der Waals surface area contributed by atoms with Crippen LogP contribution in [0.1, 0.15) is 32.3 Å². The van der Waals surface area contributed by atoms with Crippen molar-refractivity contribution in [3.8, 4) is 5.69 Å². The van der Waals surface area contributed by atoms with Crippen molar-refractivity contribution in [2.75, 3.05) is 0 Å². The Morgan fingerprint density at radius 2 is 1.73 bits per heavy atom. The molecular formula is C20H21N3O2S. The molecule has 6 heteroatoms. The first-order valence-corrected chi connectivity index (χ1v) is 9.35. The number of amides is 1. The number of nitrogens with zero attached hydrogens (tertiary/aromatic N) is 2. The third-order valence-electron chi connectivity index (χ3n) is 4.23. The van der Waals surface area contributed by atoms with Gasteiger partial charge in [-0.25, -0.2) is 4.98 Å². The van der Waals surface area contributed by atoms with Crippen molar-refractivity contribution in [1.82, 2.24) is 9.55 Å². The Labute approximate surface area is 156 Å². The minimum atomic E-state index is -0.500. The molecule has 3 aromatic rings. The summed E-state index contributed by atoms with van der Waals surface area (Å²) in [4.78, 5) is 29.5. The van der Waals surface area contributed by atoms with E-state index in [1.807, 2.05) is 36.4 Å². The van der Waals surface area contributed by atoms with E-state index in [0.717, 1.165) is 11.3 Å². The highest BCUT2D eigenvalue weighted by Crippen LogP contribution is 2.28. The number of para-hydroxylation sites is 2. The Morgan fingerprint density at radius 3 is 2.42 bits per heavy atom. The molecule has 0 unspecified atom stereocenters. The Bertz CT molecular complexity index is 1030. The number of nitrogens with two attached hydrogens (primary N) is 1.